The first-order valence-electron chi connectivity index (χ1n) is 5.12. The van der Waals surface area contributed by atoms with E-state index in [1.807, 2.05) is 26.8 Å². The van der Waals surface area contributed by atoms with Gasteiger partial charge < -0.3 is 5.73 Å². The standard InChI is InChI=1S/C12H18N2O/c1-9-6-10(8-14-7-9)11(15)4-5-12(2,3)13/h6-8H,4-5,13H2,1-3H3. The minimum absolute atomic E-state index is 0.115. The van der Waals surface area contributed by atoms with Gasteiger partial charge in [0.05, 0.1) is 0 Å². The van der Waals surface area contributed by atoms with Crippen LogP contribution in [0.5, 0.6) is 0 Å². The zero-order valence-corrected chi connectivity index (χ0v) is 9.58. The average Bonchev–Trinajstić information content (AvgIpc) is 2.13. The van der Waals surface area contributed by atoms with Crippen molar-refractivity contribution in [2.24, 2.45) is 5.73 Å². The molecule has 0 fully saturated rings. The predicted molar refractivity (Wildman–Crippen MR) is 60.8 cm³/mol. The summed E-state index contributed by atoms with van der Waals surface area (Å²) in [5.74, 6) is 0.115. The van der Waals surface area contributed by atoms with E-state index in [0.717, 1.165) is 5.56 Å². The second kappa shape index (κ2) is 4.53. The summed E-state index contributed by atoms with van der Waals surface area (Å²) in [4.78, 5) is 15.7. The molecule has 2 N–H and O–H groups in total. The maximum absolute atomic E-state index is 11.7. The summed E-state index contributed by atoms with van der Waals surface area (Å²) in [5, 5.41) is 0. The lowest BCUT2D eigenvalue weighted by molar-refractivity contribution is 0.0972. The minimum Gasteiger partial charge on any atom is -0.326 e. The van der Waals surface area contributed by atoms with Gasteiger partial charge in [0.15, 0.2) is 5.78 Å². The van der Waals surface area contributed by atoms with E-state index in [0.29, 0.717) is 18.4 Å². The van der Waals surface area contributed by atoms with E-state index >= 15 is 0 Å². The van der Waals surface area contributed by atoms with Crippen LogP contribution in [-0.4, -0.2) is 16.3 Å². The molecule has 0 spiro atoms. The Morgan fingerprint density at radius 3 is 2.67 bits per heavy atom. The number of nitrogens with two attached hydrogens (primary N) is 1. The van der Waals surface area contributed by atoms with Crippen LogP contribution >= 0.6 is 0 Å². The number of Topliss-reactive ketones (excluding diaryl/α,β-unsaturated/α-hetero) is 1. The Kier molecular flexibility index (Phi) is 3.58. The van der Waals surface area contributed by atoms with E-state index in [4.69, 9.17) is 5.73 Å². The number of hydrogen-bond donors (Lipinski definition) is 1. The maximum Gasteiger partial charge on any atom is 0.164 e. The highest BCUT2D eigenvalue weighted by molar-refractivity contribution is 5.95. The van der Waals surface area contributed by atoms with Crippen molar-refractivity contribution < 1.29 is 4.79 Å². The molecule has 0 saturated carbocycles. The monoisotopic (exact) mass is 206 g/mol. The van der Waals surface area contributed by atoms with Crippen LogP contribution in [0.1, 0.15) is 42.6 Å². The van der Waals surface area contributed by atoms with Crippen LogP contribution in [0, 0.1) is 6.92 Å². The predicted octanol–water partition coefficient (Wildman–Crippen LogP) is 2.09. The molecule has 0 bridgehead atoms. The lowest BCUT2D eigenvalue weighted by Gasteiger charge is -2.17. The smallest absolute Gasteiger partial charge is 0.164 e. The fraction of sp³-hybridized carbons (Fsp3) is 0.500. The largest absolute Gasteiger partial charge is 0.326 e. The molecule has 82 valence electrons. The summed E-state index contributed by atoms with van der Waals surface area (Å²) < 4.78 is 0. The molecular formula is C12H18N2O. The first-order chi connectivity index (χ1) is 6.88. The summed E-state index contributed by atoms with van der Waals surface area (Å²) in [6.45, 7) is 5.78. The summed E-state index contributed by atoms with van der Waals surface area (Å²) in [5.41, 5.74) is 7.23. The topological polar surface area (TPSA) is 56.0 Å². The molecule has 0 radical (unpaired) electrons. The van der Waals surface area contributed by atoms with Gasteiger partial charge in [0.2, 0.25) is 0 Å². The second-order valence-corrected chi connectivity index (χ2v) is 4.66. The Morgan fingerprint density at radius 1 is 1.47 bits per heavy atom. The molecule has 0 atom stereocenters. The van der Waals surface area contributed by atoms with Crippen LogP contribution in [0.25, 0.3) is 0 Å². The summed E-state index contributed by atoms with van der Waals surface area (Å²) >= 11 is 0. The third-order valence-corrected chi connectivity index (χ3v) is 2.19. The molecule has 15 heavy (non-hydrogen) atoms. The van der Waals surface area contributed by atoms with E-state index in [-0.39, 0.29) is 11.3 Å². The Balaban J connectivity index is 2.62. The fourth-order valence-corrected chi connectivity index (χ4v) is 1.29. The number of rotatable bonds is 4. The normalized spacial score (nSPS) is 11.5. The molecule has 3 heteroatoms. The molecule has 0 aliphatic heterocycles. The molecule has 1 aromatic heterocycles. The van der Waals surface area contributed by atoms with E-state index in [9.17, 15) is 4.79 Å². The third kappa shape index (κ3) is 4.21. The zero-order valence-electron chi connectivity index (χ0n) is 9.58. The Morgan fingerprint density at radius 2 is 2.13 bits per heavy atom. The van der Waals surface area contributed by atoms with Crippen LogP contribution in [0.4, 0.5) is 0 Å². The van der Waals surface area contributed by atoms with Crippen LogP contribution in [0.2, 0.25) is 0 Å². The second-order valence-electron chi connectivity index (χ2n) is 4.66. The Labute approximate surface area is 90.7 Å². The number of nitrogens with zero attached hydrogens (tertiary/aromatic N) is 1. The minimum atomic E-state index is -0.285. The van der Waals surface area contributed by atoms with Crippen LogP contribution < -0.4 is 5.73 Å². The number of carbonyl (C=O) groups is 1. The van der Waals surface area contributed by atoms with E-state index in [1.165, 1.54) is 0 Å². The maximum atomic E-state index is 11.7. The van der Waals surface area contributed by atoms with Crippen molar-refractivity contribution in [3.63, 3.8) is 0 Å². The molecule has 1 aromatic rings. The summed E-state index contributed by atoms with van der Waals surface area (Å²) in [7, 11) is 0. The molecule has 1 heterocycles. The van der Waals surface area contributed by atoms with Crippen LogP contribution in [0.3, 0.4) is 0 Å². The van der Waals surface area contributed by atoms with Gasteiger partial charge in [0, 0.05) is 29.9 Å². The fourth-order valence-electron chi connectivity index (χ4n) is 1.29. The van der Waals surface area contributed by atoms with Crippen LogP contribution in [0.15, 0.2) is 18.5 Å². The van der Waals surface area contributed by atoms with Crippen molar-refractivity contribution in [3.8, 4) is 0 Å². The van der Waals surface area contributed by atoms with Crippen molar-refractivity contribution in [1.82, 2.24) is 4.98 Å². The molecule has 0 aromatic carbocycles. The van der Waals surface area contributed by atoms with Crippen molar-refractivity contribution in [2.75, 3.05) is 0 Å². The van der Waals surface area contributed by atoms with Gasteiger partial charge in [-0.05, 0) is 38.8 Å². The lowest BCUT2D eigenvalue weighted by atomic mass is 9.96. The summed E-state index contributed by atoms with van der Waals surface area (Å²) in [6.07, 6.45) is 4.52. The third-order valence-electron chi connectivity index (χ3n) is 2.19. The average molecular weight is 206 g/mol. The quantitative estimate of drug-likeness (QED) is 0.767. The van der Waals surface area contributed by atoms with Crippen molar-refractivity contribution in [2.45, 2.75) is 39.2 Å². The summed E-state index contributed by atoms with van der Waals surface area (Å²) in [6, 6.07) is 1.86. The highest BCUT2D eigenvalue weighted by Gasteiger charge is 2.14. The number of aromatic nitrogens is 1. The molecule has 0 aliphatic rings. The van der Waals surface area contributed by atoms with Gasteiger partial charge in [-0.2, -0.15) is 0 Å². The van der Waals surface area contributed by atoms with Gasteiger partial charge in [-0.15, -0.1) is 0 Å². The molecule has 0 unspecified atom stereocenters. The van der Waals surface area contributed by atoms with Crippen molar-refractivity contribution in [1.29, 1.82) is 0 Å². The number of pyridine rings is 1. The van der Waals surface area contributed by atoms with Crippen molar-refractivity contribution >= 4 is 5.78 Å². The SMILES string of the molecule is Cc1cncc(C(=O)CCC(C)(C)N)c1. The lowest BCUT2D eigenvalue weighted by Crippen LogP contribution is -2.32. The van der Waals surface area contributed by atoms with E-state index in [1.54, 1.807) is 12.4 Å². The number of aryl methyl sites for hydroxylation is 1. The molecule has 0 aliphatic carbocycles. The van der Waals surface area contributed by atoms with Gasteiger partial charge in [-0.1, -0.05) is 0 Å². The van der Waals surface area contributed by atoms with E-state index < -0.39 is 0 Å². The molecular weight excluding hydrogens is 188 g/mol. The highest BCUT2D eigenvalue weighted by Crippen LogP contribution is 2.12. The van der Waals surface area contributed by atoms with Gasteiger partial charge in [0.25, 0.3) is 0 Å². The van der Waals surface area contributed by atoms with Gasteiger partial charge in [-0.25, -0.2) is 0 Å². The molecule has 0 saturated heterocycles. The number of ketones is 1. The van der Waals surface area contributed by atoms with Crippen LogP contribution in [-0.2, 0) is 0 Å². The van der Waals surface area contributed by atoms with E-state index in [2.05, 4.69) is 4.98 Å². The molecule has 0 amide bonds. The Bertz CT molecular complexity index is 353. The Hall–Kier alpha value is -1.22. The van der Waals surface area contributed by atoms with Gasteiger partial charge in [0.1, 0.15) is 0 Å². The first-order valence-corrected chi connectivity index (χ1v) is 5.12. The highest BCUT2D eigenvalue weighted by atomic mass is 16.1. The number of carbonyl (C=O) groups excluding carboxylic acids is 1. The van der Waals surface area contributed by atoms with Gasteiger partial charge in [-0.3, -0.25) is 9.78 Å². The molecule has 3 nitrogen and oxygen atoms in total. The zero-order chi connectivity index (χ0) is 11.5. The first kappa shape index (κ1) is 11.9. The number of hydrogen-bond acceptors (Lipinski definition) is 3. The molecule has 1 rings (SSSR count). The van der Waals surface area contributed by atoms with Crippen molar-refractivity contribution in [3.05, 3.63) is 29.6 Å². The van der Waals surface area contributed by atoms with Gasteiger partial charge >= 0.3 is 0 Å².